The molecular formula is C10H21ClFN. The van der Waals surface area contributed by atoms with E-state index in [4.69, 9.17) is 11.6 Å². The van der Waals surface area contributed by atoms with Crippen LogP contribution in [0.1, 0.15) is 33.1 Å². The Hall–Kier alpha value is 0.180. The molecule has 0 aromatic carbocycles. The van der Waals surface area contributed by atoms with Crippen LogP contribution in [-0.2, 0) is 0 Å². The van der Waals surface area contributed by atoms with Crippen molar-refractivity contribution >= 4 is 11.6 Å². The molecule has 0 unspecified atom stereocenters. The van der Waals surface area contributed by atoms with Gasteiger partial charge in [-0.15, -0.1) is 11.6 Å². The van der Waals surface area contributed by atoms with Crippen LogP contribution in [0.5, 0.6) is 0 Å². The zero-order valence-corrected chi connectivity index (χ0v) is 9.46. The molecule has 0 aromatic heterocycles. The highest BCUT2D eigenvalue weighted by Crippen LogP contribution is 2.26. The molecule has 0 amide bonds. The maximum absolute atomic E-state index is 11.8. The number of rotatable bonds is 8. The van der Waals surface area contributed by atoms with Crippen LogP contribution in [0.15, 0.2) is 0 Å². The molecule has 13 heavy (non-hydrogen) atoms. The summed E-state index contributed by atoms with van der Waals surface area (Å²) in [6, 6.07) is 0. The lowest BCUT2D eigenvalue weighted by molar-refractivity contribution is 0.284. The third-order valence-corrected chi connectivity index (χ3v) is 3.34. The molecule has 0 rings (SSSR count). The summed E-state index contributed by atoms with van der Waals surface area (Å²) in [5, 5.41) is 3.26. The third kappa shape index (κ3) is 4.82. The minimum atomic E-state index is -0.237. The predicted molar refractivity (Wildman–Crippen MR) is 57.2 cm³/mol. The summed E-state index contributed by atoms with van der Waals surface area (Å²) in [5.41, 5.74) is 0.206. The topological polar surface area (TPSA) is 12.0 Å². The van der Waals surface area contributed by atoms with E-state index in [9.17, 15) is 4.39 Å². The summed E-state index contributed by atoms with van der Waals surface area (Å²) in [6.45, 7) is 5.74. The SMILES string of the molecule is CCC(CC)(CCl)CNCCCF. The molecule has 0 saturated carbocycles. The molecule has 0 aliphatic heterocycles. The second-order valence-corrected chi connectivity index (χ2v) is 3.83. The first-order chi connectivity index (χ1) is 6.24. The van der Waals surface area contributed by atoms with E-state index >= 15 is 0 Å². The zero-order chi connectivity index (χ0) is 10.2. The molecule has 0 atom stereocenters. The molecule has 0 radical (unpaired) electrons. The molecule has 1 nitrogen and oxygen atoms in total. The average molecular weight is 210 g/mol. The third-order valence-electron chi connectivity index (χ3n) is 2.77. The molecule has 0 fully saturated rings. The van der Waals surface area contributed by atoms with Crippen molar-refractivity contribution in [3.63, 3.8) is 0 Å². The molecule has 0 aliphatic rings. The van der Waals surface area contributed by atoms with Crippen LogP contribution in [0.4, 0.5) is 4.39 Å². The summed E-state index contributed by atoms with van der Waals surface area (Å²) >= 11 is 5.92. The van der Waals surface area contributed by atoms with E-state index in [-0.39, 0.29) is 12.1 Å². The van der Waals surface area contributed by atoms with Gasteiger partial charge in [0, 0.05) is 12.4 Å². The van der Waals surface area contributed by atoms with E-state index in [1.165, 1.54) is 0 Å². The van der Waals surface area contributed by atoms with Crippen molar-refractivity contribution in [2.24, 2.45) is 5.41 Å². The highest BCUT2D eigenvalue weighted by molar-refractivity contribution is 6.18. The molecule has 80 valence electrons. The van der Waals surface area contributed by atoms with Crippen molar-refractivity contribution in [1.82, 2.24) is 5.32 Å². The lowest BCUT2D eigenvalue weighted by Crippen LogP contribution is -2.35. The Morgan fingerprint density at radius 2 is 1.92 bits per heavy atom. The lowest BCUT2D eigenvalue weighted by atomic mass is 9.84. The number of alkyl halides is 2. The molecule has 3 heteroatoms. The smallest absolute Gasteiger partial charge is 0.0906 e. The predicted octanol–water partition coefficient (Wildman–Crippen LogP) is 2.98. The van der Waals surface area contributed by atoms with Gasteiger partial charge >= 0.3 is 0 Å². The Morgan fingerprint density at radius 1 is 1.31 bits per heavy atom. The van der Waals surface area contributed by atoms with E-state index in [0.29, 0.717) is 12.3 Å². The van der Waals surface area contributed by atoms with Gasteiger partial charge in [0.1, 0.15) is 0 Å². The van der Waals surface area contributed by atoms with Gasteiger partial charge < -0.3 is 5.32 Å². The molecule has 0 saturated heterocycles. The number of hydrogen-bond acceptors (Lipinski definition) is 1. The first-order valence-electron chi connectivity index (χ1n) is 5.07. The van der Waals surface area contributed by atoms with Crippen molar-refractivity contribution < 1.29 is 4.39 Å². The number of hydrogen-bond donors (Lipinski definition) is 1. The molecule has 0 heterocycles. The summed E-state index contributed by atoms with van der Waals surface area (Å²) in [5.74, 6) is 0.683. The maximum atomic E-state index is 11.8. The first-order valence-corrected chi connectivity index (χ1v) is 5.60. The second-order valence-electron chi connectivity index (χ2n) is 3.56. The van der Waals surface area contributed by atoms with Gasteiger partial charge in [0.15, 0.2) is 0 Å². The Balaban J connectivity index is 3.68. The van der Waals surface area contributed by atoms with Crippen LogP contribution >= 0.6 is 11.6 Å². The van der Waals surface area contributed by atoms with Gasteiger partial charge in [-0.1, -0.05) is 13.8 Å². The van der Waals surface area contributed by atoms with E-state index in [1.807, 2.05) is 0 Å². The summed E-state index contributed by atoms with van der Waals surface area (Å²) in [4.78, 5) is 0. The van der Waals surface area contributed by atoms with Crippen molar-refractivity contribution in [3.8, 4) is 0 Å². The Labute approximate surface area is 86.0 Å². The maximum Gasteiger partial charge on any atom is 0.0906 e. The largest absolute Gasteiger partial charge is 0.316 e. The molecule has 0 bridgehead atoms. The highest BCUT2D eigenvalue weighted by atomic mass is 35.5. The molecule has 0 aliphatic carbocycles. The molecule has 0 aromatic rings. The second kappa shape index (κ2) is 7.57. The number of nitrogens with one attached hydrogen (secondary N) is 1. The zero-order valence-electron chi connectivity index (χ0n) is 8.71. The van der Waals surface area contributed by atoms with E-state index < -0.39 is 0 Å². The minimum Gasteiger partial charge on any atom is -0.316 e. The van der Waals surface area contributed by atoms with Crippen LogP contribution in [0.2, 0.25) is 0 Å². The fourth-order valence-electron chi connectivity index (χ4n) is 1.28. The Morgan fingerprint density at radius 3 is 2.31 bits per heavy atom. The monoisotopic (exact) mass is 209 g/mol. The van der Waals surface area contributed by atoms with Gasteiger partial charge in [-0.3, -0.25) is 4.39 Å². The fourth-order valence-corrected chi connectivity index (χ4v) is 1.75. The number of halogens is 2. The van der Waals surface area contributed by atoms with Crippen molar-refractivity contribution in [1.29, 1.82) is 0 Å². The van der Waals surface area contributed by atoms with E-state index in [0.717, 1.165) is 25.9 Å². The molecule has 1 N–H and O–H groups in total. The lowest BCUT2D eigenvalue weighted by Gasteiger charge is -2.29. The Bertz CT molecular complexity index is 107. The van der Waals surface area contributed by atoms with Crippen molar-refractivity contribution in [2.45, 2.75) is 33.1 Å². The van der Waals surface area contributed by atoms with Gasteiger partial charge in [-0.25, -0.2) is 0 Å². The van der Waals surface area contributed by atoms with Gasteiger partial charge in [0.2, 0.25) is 0 Å². The van der Waals surface area contributed by atoms with Crippen LogP contribution < -0.4 is 5.32 Å². The van der Waals surface area contributed by atoms with Crippen molar-refractivity contribution in [3.05, 3.63) is 0 Å². The quantitative estimate of drug-likeness (QED) is 0.479. The van der Waals surface area contributed by atoms with Gasteiger partial charge in [0.25, 0.3) is 0 Å². The van der Waals surface area contributed by atoms with Gasteiger partial charge in [-0.2, -0.15) is 0 Å². The van der Waals surface area contributed by atoms with Crippen LogP contribution in [0.25, 0.3) is 0 Å². The van der Waals surface area contributed by atoms with Crippen LogP contribution in [-0.4, -0.2) is 25.6 Å². The normalized spacial score (nSPS) is 12.0. The average Bonchev–Trinajstić information content (AvgIpc) is 2.20. The van der Waals surface area contributed by atoms with E-state index in [1.54, 1.807) is 0 Å². The molecular weight excluding hydrogens is 189 g/mol. The fraction of sp³-hybridized carbons (Fsp3) is 1.00. The van der Waals surface area contributed by atoms with Gasteiger partial charge in [0.05, 0.1) is 6.67 Å². The highest BCUT2D eigenvalue weighted by Gasteiger charge is 2.23. The van der Waals surface area contributed by atoms with E-state index in [2.05, 4.69) is 19.2 Å². The summed E-state index contributed by atoms with van der Waals surface area (Å²) < 4.78 is 11.8. The Kier molecular flexibility index (Phi) is 7.68. The first kappa shape index (κ1) is 13.2. The van der Waals surface area contributed by atoms with Crippen molar-refractivity contribution in [2.75, 3.05) is 25.6 Å². The van der Waals surface area contributed by atoms with Gasteiger partial charge in [-0.05, 0) is 31.2 Å². The minimum absolute atomic E-state index is 0.206. The molecule has 0 spiro atoms. The summed E-state index contributed by atoms with van der Waals surface area (Å²) in [7, 11) is 0. The summed E-state index contributed by atoms with van der Waals surface area (Å²) in [6.07, 6.45) is 2.76. The standard InChI is InChI=1S/C10H21ClFN/c1-3-10(4-2,8-11)9-13-7-5-6-12/h13H,3-9H2,1-2H3. The van der Waals surface area contributed by atoms with Crippen LogP contribution in [0.3, 0.4) is 0 Å². The van der Waals surface area contributed by atoms with Crippen LogP contribution in [0, 0.1) is 5.41 Å².